The van der Waals surface area contributed by atoms with Crippen LogP contribution in [0.1, 0.15) is 16.7 Å². The highest BCUT2D eigenvalue weighted by Crippen LogP contribution is 2.34. The van der Waals surface area contributed by atoms with Gasteiger partial charge in [0.1, 0.15) is 5.82 Å². The largest absolute Gasteiger partial charge is 0.419 e. The van der Waals surface area contributed by atoms with E-state index in [1.54, 1.807) is 0 Å². The molecule has 0 saturated carbocycles. The third-order valence-corrected chi connectivity index (χ3v) is 4.29. The Labute approximate surface area is 138 Å². The van der Waals surface area contributed by atoms with Crippen molar-refractivity contribution in [3.8, 4) is 11.1 Å². The maximum atomic E-state index is 13.8. The Morgan fingerprint density at radius 2 is 1.75 bits per heavy atom. The molecule has 0 N–H and O–H groups in total. The van der Waals surface area contributed by atoms with Crippen molar-refractivity contribution in [2.24, 2.45) is 0 Å². The summed E-state index contributed by atoms with van der Waals surface area (Å²) in [5, 5.41) is 0. The molecular weight excluding hydrogens is 318 g/mol. The fourth-order valence-corrected chi connectivity index (χ4v) is 3.06. The first-order valence-electron chi connectivity index (χ1n) is 7.70. The van der Waals surface area contributed by atoms with Crippen molar-refractivity contribution in [1.82, 2.24) is 4.90 Å². The van der Waals surface area contributed by atoms with E-state index < -0.39 is 17.6 Å². The predicted octanol–water partition coefficient (Wildman–Crippen LogP) is 5.06. The van der Waals surface area contributed by atoms with Crippen molar-refractivity contribution in [2.45, 2.75) is 19.1 Å². The molecule has 0 aromatic heterocycles. The molecule has 0 bridgehead atoms. The van der Waals surface area contributed by atoms with Crippen molar-refractivity contribution in [2.75, 3.05) is 13.1 Å². The predicted molar refractivity (Wildman–Crippen MR) is 86.0 cm³/mol. The highest BCUT2D eigenvalue weighted by molar-refractivity contribution is 5.65. The van der Waals surface area contributed by atoms with Gasteiger partial charge in [-0.2, -0.15) is 13.2 Å². The van der Waals surface area contributed by atoms with E-state index in [0.29, 0.717) is 5.56 Å². The first kappa shape index (κ1) is 16.7. The molecule has 2 aromatic rings. The van der Waals surface area contributed by atoms with Gasteiger partial charge in [0.25, 0.3) is 0 Å². The molecule has 5 heteroatoms. The van der Waals surface area contributed by atoms with E-state index >= 15 is 0 Å². The average molecular weight is 335 g/mol. The Kier molecular flexibility index (Phi) is 4.45. The number of benzene rings is 2. The average Bonchev–Trinajstić information content (AvgIpc) is 2.53. The maximum absolute atomic E-state index is 13.8. The normalized spacial score (nSPS) is 15.2. The Morgan fingerprint density at radius 1 is 1.04 bits per heavy atom. The summed E-state index contributed by atoms with van der Waals surface area (Å²) in [5.74, 6) is -1.24. The molecule has 0 saturated heterocycles. The highest BCUT2D eigenvalue weighted by atomic mass is 19.4. The van der Waals surface area contributed by atoms with Crippen LogP contribution in [-0.4, -0.2) is 18.0 Å². The van der Waals surface area contributed by atoms with Crippen LogP contribution >= 0.6 is 0 Å². The fraction of sp³-hybridized carbons (Fsp3) is 0.263. The lowest BCUT2D eigenvalue weighted by molar-refractivity contribution is -0.139. The van der Waals surface area contributed by atoms with Gasteiger partial charge in [0.05, 0.1) is 5.56 Å². The third-order valence-electron chi connectivity index (χ3n) is 4.29. The molecule has 0 unspecified atom stereocenters. The highest BCUT2D eigenvalue weighted by Gasteiger charge is 2.34. The molecular formula is C19H17F4N. The maximum Gasteiger partial charge on any atom is 0.419 e. The lowest BCUT2D eigenvalue weighted by atomic mass is 9.94. The van der Waals surface area contributed by atoms with E-state index in [1.165, 1.54) is 11.6 Å². The van der Waals surface area contributed by atoms with Gasteiger partial charge in [0.15, 0.2) is 0 Å². The molecule has 1 aliphatic rings. The molecule has 0 fully saturated rings. The van der Waals surface area contributed by atoms with Gasteiger partial charge in [-0.3, -0.25) is 4.90 Å². The first-order valence-corrected chi connectivity index (χ1v) is 7.70. The summed E-state index contributed by atoms with van der Waals surface area (Å²) < 4.78 is 51.8. The summed E-state index contributed by atoms with van der Waals surface area (Å²) in [5.41, 5.74) is 2.29. The van der Waals surface area contributed by atoms with E-state index in [1.807, 2.05) is 24.3 Å². The quantitative estimate of drug-likeness (QED) is 0.560. The van der Waals surface area contributed by atoms with Crippen LogP contribution < -0.4 is 0 Å². The van der Waals surface area contributed by atoms with Crippen LogP contribution in [0.3, 0.4) is 0 Å². The zero-order chi connectivity index (χ0) is 17.3. The zero-order valence-electron chi connectivity index (χ0n) is 13.0. The minimum atomic E-state index is -4.68. The van der Waals surface area contributed by atoms with Crippen LogP contribution in [0.25, 0.3) is 11.1 Å². The Balaban J connectivity index is 1.92. The van der Waals surface area contributed by atoms with Gasteiger partial charge in [-0.25, -0.2) is 4.39 Å². The number of hydrogen-bond acceptors (Lipinski definition) is 1. The molecule has 1 nitrogen and oxygen atoms in total. The van der Waals surface area contributed by atoms with Crippen LogP contribution in [0.5, 0.6) is 0 Å². The van der Waals surface area contributed by atoms with Crippen molar-refractivity contribution < 1.29 is 17.6 Å². The smallest absolute Gasteiger partial charge is 0.295 e. The summed E-state index contributed by atoms with van der Waals surface area (Å²) in [6, 6.07) is 8.82. The summed E-state index contributed by atoms with van der Waals surface area (Å²) in [6.45, 7) is 6.24. The Hall–Kier alpha value is -2.14. The van der Waals surface area contributed by atoms with Crippen LogP contribution in [-0.2, 0) is 19.1 Å². The van der Waals surface area contributed by atoms with Crippen LogP contribution in [0.15, 0.2) is 49.1 Å². The molecule has 1 aliphatic heterocycles. The second-order valence-electron chi connectivity index (χ2n) is 5.95. The SMILES string of the molecule is C=CCN1CCc2ccc(-c3ccc(C(F)(F)F)c(F)c3)cc2C1. The minimum Gasteiger partial charge on any atom is -0.295 e. The van der Waals surface area contributed by atoms with Gasteiger partial charge in [0, 0.05) is 19.6 Å². The number of halogens is 4. The van der Waals surface area contributed by atoms with Crippen molar-refractivity contribution in [3.63, 3.8) is 0 Å². The lowest BCUT2D eigenvalue weighted by Gasteiger charge is -2.28. The summed E-state index contributed by atoms with van der Waals surface area (Å²) in [7, 11) is 0. The fourth-order valence-electron chi connectivity index (χ4n) is 3.06. The monoisotopic (exact) mass is 335 g/mol. The van der Waals surface area contributed by atoms with Crippen molar-refractivity contribution in [1.29, 1.82) is 0 Å². The number of hydrogen-bond donors (Lipinski definition) is 0. The zero-order valence-corrected chi connectivity index (χ0v) is 13.0. The standard InChI is InChI=1S/C19H17F4N/c1-2-8-24-9-7-13-3-4-14(10-16(13)12-24)15-5-6-17(18(20)11-15)19(21,22)23/h2-6,10-11H,1,7-9,12H2. The van der Waals surface area contributed by atoms with E-state index in [9.17, 15) is 17.6 Å². The second-order valence-corrected chi connectivity index (χ2v) is 5.95. The van der Waals surface area contributed by atoms with Crippen LogP contribution in [0.4, 0.5) is 17.6 Å². The van der Waals surface area contributed by atoms with Crippen molar-refractivity contribution >= 4 is 0 Å². The first-order chi connectivity index (χ1) is 11.4. The second kappa shape index (κ2) is 6.40. The van der Waals surface area contributed by atoms with Gasteiger partial charge in [0.2, 0.25) is 0 Å². The molecule has 1 heterocycles. The van der Waals surface area contributed by atoms with Gasteiger partial charge in [-0.05, 0) is 46.9 Å². The van der Waals surface area contributed by atoms with Crippen molar-refractivity contribution in [3.05, 3.63) is 71.6 Å². The topological polar surface area (TPSA) is 3.24 Å². The Morgan fingerprint density at radius 3 is 2.42 bits per heavy atom. The number of alkyl halides is 3. The number of rotatable bonds is 3. The van der Waals surface area contributed by atoms with Gasteiger partial charge in [-0.15, -0.1) is 6.58 Å². The number of nitrogens with zero attached hydrogens (tertiary/aromatic N) is 1. The summed E-state index contributed by atoms with van der Waals surface area (Å²) in [4.78, 5) is 2.24. The van der Waals surface area contributed by atoms with E-state index in [4.69, 9.17) is 0 Å². The molecule has 24 heavy (non-hydrogen) atoms. The van der Waals surface area contributed by atoms with E-state index in [-0.39, 0.29) is 0 Å². The van der Waals surface area contributed by atoms with Crippen LogP contribution in [0, 0.1) is 5.82 Å². The Bertz CT molecular complexity index is 764. The van der Waals surface area contributed by atoms with Gasteiger partial charge < -0.3 is 0 Å². The van der Waals surface area contributed by atoms with E-state index in [0.717, 1.165) is 49.3 Å². The number of fused-ring (bicyclic) bond motifs is 1. The summed E-state index contributed by atoms with van der Waals surface area (Å²) >= 11 is 0. The molecule has 0 spiro atoms. The van der Waals surface area contributed by atoms with Gasteiger partial charge in [-0.1, -0.05) is 24.3 Å². The van der Waals surface area contributed by atoms with E-state index in [2.05, 4.69) is 11.5 Å². The molecule has 2 aromatic carbocycles. The molecule has 3 rings (SSSR count). The van der Waals surface area contributed by atoms with Gasteiger partial charge >= 0.3 is 6.18 Å². The molecule has 126 valence electrons. The molecule has 0 aliphatic carbocycles. The third kappa shape index (κ3) is 3.36. The minimum absolute atomic E-state index is 0.448. The molecule has 0 atom stereocenters. The molecule has 0 radical (unpaired) electrons. The van der Waals surface area contributed by atoms with Crippen LogP contribution in [0.2, 0.25) is 0 Å². The lowest BCUT2D eigenvalue weighted by Crippen LogP contribution is -2.30. The summed E-state index contributed by atoms with van der Waals surface area (Å²) in [6.07, 6.45) is -1.91. The molecule has 0 amide bonds.